The first-order chi connectivity index (χ1) is 15.0. The van der Waals surface area contributed by atoms with E-state index in [4.69, 9.17) is 21.4 Å². The van der Waals surface area contributed by atoms with E-state index in [0.717, 1.165) is 5.69 Å². The second-order valence-corrected chi connectivity index (χ2v) is 8.19. The predicted octanol–water partition coefficient (Wildman–Crippen LogP) is 4.78. The van der Waals surface area contributed by atoms with E-state index in [9.17, 15) is 9.18 Å². The van der Waals surface area contributed by atoms with E-state index < -0.39 is 17.8 Å². The Bertz CT molecular complexity index is 1110. The number of carbonyl (C=O) groups excluding carboxylic acids is 1. The third-order valence-electron chi connectivity index (χ3n) is 4.92. The van der Waals surface area contributed by atoms with Crippen LogP contribution in [0.2, 0.25) is 0 Å². The molecule has 2 atom stereocenters. The first-order valence-electron chi connectivity index (χ1n) is 9.66. The van der Waals surface area contributed by atoms with Gasteiger partial charge in [-0.25, -0.2) is 4.39 Å². The number of benzene rings is 1. The minimum Gasteiger partial charge on any atom is -0.465 e. The molecule has 1 fully saturated rings. The van der Waals surface area contributed by atoms with Gasteiger partial charge in [-0.05, 0) is 61.6 Å². The lowest BCUT2D eigenvalue weighted by atomic mass is 10.0. The summed E-state index contributed by atoms with van der Waals surface area (Å²) in [6, 6.07) is 13.0. The zero-order valence-corrected chi connectivity index (χ0v) is 19.0. The Labute approximate surface area is 192 Å². The van der Waals surface area contributed by atoms with E-state index in [0.29, 0.717) is 26.7 Å². The minimum atomic E-state index is -0.459. The van der Waals surface area contributed by atoms with Gasteiger partial charge in [0.05, 0.1) is 23.9 Å². The number of thiocarbonyl (C=S) groups is 1. The van der Waals surface area contributed by atoms with Gasteiger partial charge >= 0.3 is 5.97 Å². The van der Waals surface area contributed by atoms with Crippen LogP contribution in [0.5, 0.6) is 0 Å². The maximum absolute atomic E-state index is 14.5. The van der Waals surface area contributed by atoms with Crippen molar-refractivity contribution in [3.8, 4) is 11.3 Å². The number of nitrogens with one attached hydrogen (secondary N) is 1. The normalized spacial score (nSPS) is 18.2. The van der Waals surface area contributed by atoms with E-state index in [2.05, 4.69) is 26.2 Å². The quantitative estimate of drug-likeness (QED) is 0.383. The van der Waals surface area contributed by atoms with Crippen LogP contribution in [0.4, 0.5) is 4.39 Å². The van der Waals surface area contributed by atoms with Crippen molar-refractivity contribution in [1.29, 1.82) is 0 Å². The fourth-order valence-electron chi connectivity index (χ4n) is 3.58. The van der Waals surface area contributed by atoms with Gasteiger partial charge in [0.2, 0.25) is 0 Å². The lowest BCUT2D eigenvalue weighted by Crippen LogP contribution is -2.35. The van der Waals surface area contributed by atoms with Crippen LogP contribution in [0.1, 0.15) is 30.5 Å². The average Bonchev–Trinajstić information content (AvgIpc) is 3.34. The van der Waals surface area contributed by atoms with Gasteiger partial charge in [0, 0.05) is 10.7 Å². The summed E-state index contributed by atoms with van der Waals surface area (Å²) >= 11 is 8.77. The highest BCUT2D eigenvalue weighted by molar-refractivity contribution is 9.10. The number of carbonyl (C=O) groups is 1. The van der Waals surface area contributed by atoms with Gasteiger partial charge in [0.1, 0.15) is 29.9 Å². The van der Waals surface area contributed by atoms with Gasteiger partial charge in [-0.15, -0.1) is 0 Å². The Balaban J connectivity index is 1.72. The van der Waals surface area contributed by atoms with Crippen molar-refractivity contribution >= 4 is 39.2 Å². The first kappa shape index (κ1) is 21.5. The van der Waals surface area contributed by atoms with Gasteiger partial charge in [-0.2, -0.15) is 0 Å². The fraction of sp³-hybridized carbons (Fsp3) is 0.227. The molecule has 6 nitrogen and oxygen atoms in total. The number of ether oxygens (including phenoxy) is 1. The van der Waals surface area contributed by atoms with Gasteiger partial charge < -0.3 is 19.4 Å². The van der Waals surface area contributed by atoms with Crippen molar-refractivity contribution in [2.45, 2.75) is 19.0 Å². The molecule has 31 heavy (non-hydrogen) atoms. The summed E-state index contributed by atoms with van der Waals surface area (Å²) in [6.07, 6.45) is 1.69. The monoisotopic (exact) mass is 503 g/mol. The molecule has 3 heterocycles. The number of hydrogen-bond donors (Lipinski definition) is 1. The van der Waals surface area contributed by atoms with Crippen LogP contribution in [0.25, 0.3) is 11.3 Å². The molecular weight excluding hydrogens is 485 g/mol. The van der Waals surface area contributed by atoms with Crippen molar-refractivity contribution in [3.05, 3.63) is 76.5 Å². The van der Waals surface area contributed by atoms with Crippen molar-refractivity contribution < 1.29 is 18.3 Å². The summed E-state index contributed by atoms with van der Waals surface area (Å²) in [6.45, 7) is 1.98. The van der Waals surface area contributed by atoms with Crippen molar-refractivity contribution in [2.24, 2.45) is 0 Å². The molecule has 2 aromatic heterocycles. The Hall–Kier alpha value is -2.78. The largest absolute Gasteiger partial charge is 0.465 e. The number of esters is 1. The Kier molecular flexibility index (Phi) is 6.33. The minimum absolute atomic E-state index is 0.0453. The molecule has 0 saturated carbocycles. The van der Waals surface area contributed by atoms with Gasteiger partial charge in [0.15, 0.2) is 5.11 Å². The van der Waals surface area contributed by atoms with E-state index in [1.165, 1.54) is 6.07 Å². The predicted molar refractivity (Wildman–Crippen MR) is 121 cm³/mol. The van der Waals surface area contributed by atoms with Crippen molar-refractivity contribution in [1.82, 2.24) is 15.2 Å². The number of halogens is 2. The molecule has 0 spiro atoms. The first-order valence-corrected chi connectivity index (χ1v) is 10.9. The van der Waals surface area contributed by atoms with Crippen molar-refractivity contribution in [2.75, 3.05) is 13.2 Å². The SMILES string of the molecule is CCOC(=O)CN1C(=S)N[C@@H](c2ccccn2)[C@@H]1c1ccc(-c2ccc(Br)cc2F)o1. The molecule has 0 aliphatic carbocycles. The molecule has 1 aromatic carbocycles. The Morgan fingerprint density at radius 1 is 1.32 bits per heavy atom. The molecule has 4 rings (SSSR count). The standard InChI is InChI=1S/C22H19BrFN3O3S/c1-2-29-19(28)12-27-21(20(26-22(27)31)16-5-3-4-10-25-16)18-9-8-17(30-18)14-7-6-13(23)11-15(14)24/h3-11,20-21H,2,12H2,1H3,(H,26,31)/t20-,21-/m0/s1. The van der Waals surface area contributed by atoms with Gasteiger partial charge in [-0.1, -0.05) is 22.0 Å². The average molecular weight is 504 g/mol. The van der Waals surface area contributed by atoms with E-state index in [1.54, 1.807) is 42.3 Å². The summed E-state index contributed by atoms with van der Waals surface area (Å²) in [5.74, 6) is 0.113. The van der Waals surface area contributed by atoms with Gasteiger partial charge in [-0.3, -0.25) is 9.78 Å². The van der Waals surface area contributed by atoms with Crippen LogP contribution in [0.3, 0.4) is 0 Å². The molecule has 1 aliphatic rings. The van der Waals surface area contributed by atoms with Gasteiger partial charge in [0.25, 0.3) is 0 Å². The smallest absolute Gasteiger partial charge is 0.325 e. The molecule has 0 radical (unpaired) electrons. The summed E-state index contributed by atoms with van der Waals surface area (Å²) in [5.41, 5.74) is 1.09. The zero-order valence-electron chi connectivity index (χ0n) is 16.5. The second-order valence-electron chi connectivity index (χ2n) is 6.89. The molecule has 0 amide bonds. The lowest BCUT2D eigenvalue weighted by molar-refractivity contribution is -0.143. The van der Waals surface area contributed by atoms with Crippen LogP contribution < -0.4 is 5.32 Å². The van der Waals surface area contributed by atoms with E-state index in [1.807, 2.05) is 18.2 Å². The molecule has 9 heteroatoms. The van der Waals surface area contributed by atoms with Crippen LogP contribution in [-0.2, 0) is 9.53 Å². The third-order valence-corrected chi connectivity index (χ3v) is 5.76. The maximum Gasteiger partial charge on any atom is 0.325 e. The van der Waals surface area contributed by atoms with Crippen molar-refractivity contribution in [3.63, 3.8) is 0 Å². The molecule has 0 bridgehead atoms. The number of nitrogens with zero attached hydrogens (tertiary/aromatic N) is 2. The maximum atomic E-state index is 14.5. The highest BCUT2D eigenvalue weighted by atomic mass is 79.9. The van der Waals surface area contributed by atoms with Crippen LogP contribution in [0.15, 0.2) is 63.6 Å². The number of pyridine rings is 1. The van der Waals surface area contributed by atoms with Crippen LogP contribution in [0, 0.1) is 5.82 Å². The highest BCUT2D eigenvalue weighted by Gasteiger charge is 2.42. The summed E-state index contributed by atoms with van der Waals surface area (Å²) in [5, 5.41) is 3.62. The number of furan rings is 1. The number of aromatic nitrogens is 1. The molecule has 1 N–H and O–H groups in total. The molecule has 3 aromatic rings. The topological polar surface area (TPSA) is 67.6 Å². The Morgan fingerprint density at radius 2 is 2.16 bits per heavy atom. The molecule has 1 aliphatic heterocycles. The molecule has 160 valence electrons. The zero-order chi connectivity index (χ0) is 22.0. The van der Waals surface area contributed by atoms with Crippen LogP contribution >= 0.6 is 28.1 Å². The summed E-state index contributed by atoms with van der Waals surface area (Å²) in [4.78, 5) is 18.4. The molecule has 0 unspecified atom stereocenters. The highest BCUT2D eigenvalue weighted by Crippen LogP contribution is 2.40. The summed E-state index contributed by atoms with van der Waals surface area (Å²) < 4.78 is 26.3. The second kappa shape index (κ2) is 9.15. The number of hydrogen-bond acceptors (Lipinski definition) is 5. The van der Waals surface area contributed by atoms with Crippen LogP contribution in [-0.4, -0.2) is 34.1 Å². The lowest BCUT2D eigenvalue weighted by Gasteiger charge is -2.25. The molecular formula is C22H19BrFN3O3S. The van der Waals surface area contributed by atoms with E-state index >= 15 is 0 Å². The van der Waals surface area contributed by atoms with E-state index in [-0.39, 0.29) is 19.2 Å². The number of rotatable bonds is 6. The Morgan fingerprint density at radius 3 is 2.87 bits per heavy atom. The fourth-order valence-corrected chi connectivity index (χ4v) is 4.21. The third kappa shape index (κ3) is 4.47. The molecule has 1 saturated heterocycles. The summed E-state index contributed by atoms with van der Waals surface area (Å²) in [7, 11) is 0.